The summed E-state index contributed by atoms with van der Waals surface area (Å²) in [5.74, 6) is -0.511. The van der Waals surface area contributed by atoms with Crippen molar-refractivity contribution < 1.29 is 14.6 Å². The lowest BCUT2D eigenvalue weighted by molar-refractivity contribution is -0.139. The first kappa shape index (κ1) is 12.6. The van der Waals surface area contributed by atoms with Gasteiger partial charge in [-0.3, -0.25) is 0 Å². The molecule has 0 aliphatic heterocycles. The maximum absolute atomic E-state index is 10.3. The molecule has 1 aromatic carbocycles. The Kier molecular flexibility index (Phi) is 5.13. The zero-order valence-corrected chi connectivity index (χ0v) is 8.98. The molecule has 0 atom stereocenters. The second-order valence-electron chi connectivity index (χ2n) is 3.07. The summed E-state index contributed by atoms with van der Waals surface area (Å²) in [5.41, 5.74) is 8.98. The molecule has 0 saturated heterocycles. The van der Waals surface area contributed by atoms with Gasteiger partial charge in [-0.1, -0.05) is 29.4 Å². The van der Waals surface area contributed by atoms with E-state index in [0.717, 1.165) is 5.56 Å². The standard InChI is InChI=1S/C11H11N3O3/c12-14-13-7-1-2-9-3-5-10(6-4-9)17-8-11(15)16/h1-6H,7-8H2,(H,15,16). The number of carboxylic acid groups (broad SMARTS) is 1. The normalized spacial score (nSPS) is 9.88. The number of carboxylic acids is 1. The summed E-state index contributed by atoms with van der Waals surface area (Å²) in [6.07, 6.45) is 3.53. The molecule has 88 valence electrons. The van der Waals surface area contributed by atoms with E-state index in [-0.39, 0.29) is 6.61 Å². The number of rotatable bonds is 6. The van der Waals surface area contributed by atoms with Crippen LogP contribution in [0.1, 0.15) is 5.56 Å². The number of benzene rings is 1. The van der Waals surface area contributed by atoms with E-state index >= 15 is 0 Å². The van der Waals surface area contributed by atoms with E-state index < -0.39 is 5.97 Å². The predicted octanol–water partition coefficient (Wildman–Crippen LogP) is 2.47. The molecule has 1 rings (SSSR count). The fourth-order valence-corrected chi connectivity index (χ4v) is 1.09. The van der Waals surface area contributed by atoms with Crippen molar-refractivity contribution in [2.24, 2.45) is 5.11 Å². The zero-order valence-electron chi connectivity index (χ0n) is 8.98. The SMILES string of the molecule is [N-]=[N+]=NCC=Cc1ccc(OCC(=O)O)cc1. The third-order valence-electron chi connectivity index (χ3n) is 1.80. The van der Waals surface area contributed by atoms with Gasteiger partial charge in [0.15, 0.2) is 6.61 Å². The Morgan fingerprint density at radius 3 is 2.76 bits per heavy atom. The van der Waals surface area contributed by atoms with E-state index in [1.165, 1.54) is 0 Å². The first-order chi connectivity index (χ1) is 8.22. The number of azide groups is 1. The van der Waals surface area contributed by atoms with Crippen LogP contribution in [-0.2, 0) is 4.79 Å². The topological polar surface area (TPSA) is 95.3 Å². The first-order valence-electron chi connectivity index (χ1n) is 4.84. The minimum atomic E-state index is -1.01. The van der Waals surface area contributed by atoms with Gasteiger partial charge in [0, 0.05) is 11.5 Å². The first-order valence-corrected chi connectivity index (χ1v) is 4.84. The highest BCUT2D eigenvalue weighted by molar-refractivity contribution is 5.68. The summed E-state index contributed by atoms with van der Waals surface area (Å²) in [6, 6.07) is 6.92. The summed E-state index contributed by atoms with van der Waals surface area (Å²) in [7, 11) is 0. The largest absolute Gasteiger partial charge is 0.482 e. The number of carbonyl (C=O) groups is 1. The fourth-order valence-electron chi connectivity index (χ4n) is 1.09. The van der Waals surface area contributed by atoms with Gasteiger partial charge in [0.2, 0.25) is 0 Å². The molecule has 0 bridgehead atoms. The van der Waals surface area contributed by atoms with Crippen molar-refractivity contribution in [2.45, 2.75) is 0 Å². The van der Waals surface area contributed by atoms with Crippen LogP contribution in [0.5, 0.6) is 5.75 Å². The summed E-state index contributed by atoms with van der Waals surface area (Å²) in [5, 5.41) is 11.8. The number of ether oxygens (including phenoxy) is 1. The Morgan fingerprint density at radius 2 is 2.18 bits per heavy atom. The van der Waals surface area contributed by atoms with Crippen LogP contribution < -0.4 is 4.74 Å². The summed E-state index contributed by atoms with van der Waals surface area (Å²) >= 11 is 0. The van der Waals surface area contributed by atoms with E-state index in [1.54, 1.807) is 36.4 Å². The minimum Gasteiger partial charge on any atom is -0.482 e. The predicted molar refractivity (Wildman–Crippen MR) is 62.6 cm³/mol. The third kappa shape index (κ3) is 5.25. The average Bonchev–Trinajstić information content (AvgIpc) is 2.33. The second kappa shape index (κ2) is 6.92. The maximum Gasteiger partial charge on any atom is 0.341 e. The fraction of sp³-hybridized carbons (Fsp3) is 0.182. The van der Waals surface area contributed by atoms with E-state index in [4.69, 9.17) is 15.4 Å². The van der Waals surface area contributed by atoms with Crippen LogP contribution in [0.2, 0.25) is 0 Å². The molecule has 1 N–H and O–H groups in total. The Labute approximate surface area is 97.8 Å². The molecule has 0 unspecified atom stereocenters. The third-order valence-corrected chi connectivity index (χ3v) is 1.80. The molecule has 0 radical (unpaired) electrons. The molecule has 0 spiro atoms. The van der Waals surface area contributed by atoms with E-state index in [9.17, 15) is 4.79 Å². The quantitative estimate of drug-likeness (QED) is 0.464. The molecule has 6 nitrogen and oxygen atoms in total. The molecule has 1 aromatic rings. The average molecular weight is 233 g/mol. The molecule has 0 amide bonds. The van der Waals surface area contributed by atoms with Crippen LogP contribution in [0.4, 0.5) is 0 Å². The van der Waals surface area contributed by atoms with Crippen LogP contribution in [0.3, 0.4) is 0 Å². The molecule has 0 fully saturated rings. The van der Waals surface area contributed by atoms with Gasteiger partial charge in [-0.2, -0.15) is 0 Å². The highest BCUT2D eigenvalue weighted by Gasteiger charge is 1.98. The molecule has 17 heavy (non-hydrogen) atoms. The van der Waals surface area contributed by atoms with Gasteiger partial charge >= 0.3 is 5.97 Å². The van der Waals surface area contributed by atoms with Crippen molar-refractivity contribution in [1.29, 1.82) is 0 Å². The van der Waals surface area contributed by atoms with Gasteiger partial charge in [0.05, 0.1) is 0 Å². The molecular weight excluding hydrogens is 222 g/mol. The number of hydrogen-bond acceptors (Lipinski definition) is 3. The van der Waals surface area contributed by atoms with Gasteiger partial charge in [0.25, 0.3) is 0 Å². The lowest BCUT2D eigenvalue weighted by atomic mass is 10.2. The Hall–Kier alpha value is -2.46. The van der Waals surface area contributed by atoms with Crippen molar-refractivity contribution >= 4 is 12.0 Å². The van der Waals surface area contributed by atoms with Crippen molar-refractivity contribution in [3.63, 3.8) is 0 Å². The van der Waals surface area contributed by atoms with Gasteiger partial charge in [-0.05, 0) is 23.2 Å². The van der Waals surface area contributed by atoms with Gasteiger partial charge in [-0.25, -0.2) is 4.79 Å². The Morgan fingerprint density at radius 1 is 1.47 bits per heavy atom. The van der Waals surface area contributed by atoms with Crippen LogP contribution in [0.15, 0.2) is 35.5 Å². The van der Waals surface area contributed by atoms with Crippen LogP contribution in [-0.4, -0.2) is 24.2 Å². The van der Waals surface area contributed by atoms with E-state index in [2.05, 4.69) is 10.0 Å². The van der Waals surface area contributed by atoms with Gasteiger partial charge < -0.3 is 9.84 Å². The van der Waals surface area contributed by atoms with Crippen LogP contribution >= 0.6 is 0 Å². The van der Waals surface area contributed by atoms with Crippen LogP contribution in [0.25, 0.3) is 16.5 Å². The van der Waals surface area contributed by atoms with E-state index in [1.807, 2.05) is 0 Å². The van der Waals surface area contributed by atoms with Gasteiger partial charge in [-0.15, -0.1) is 0 Å². The molecule has 0 saturated carbocycles. The number of nitrogens with zero attached hydrogens (tertiary/aromatic N) is 3. The smallest absolute Gasteiger partial charge is 0.341 e. The number of aliphatic carboxylic acids is 1. The Balaban J connectivity index is 2.52. The molecule has 0 aromatic heterocycles. The monoisotopic (exact) mass is 233 g/mol. The highest BCUT2D eigenvalue weighted by atomic mass is 16.5. The molecular formula is C11H11N3O3. The second-order valence-corrected chi connectivity index (χ2v) is 3.07. The van der Waals surface area contributed by atoms with Crippen molar-refractivity contribution in [1.82, 2.24) is 0 Å². The number of hydrogen-bond donors (Lipinski definition) is 1. The maximum atomic E-state index is 10.3. The molecule has 0 heterocycles. The lowest BCUT2D eigenvalue weighted by Gasteiger charge is -2.02. The summed E-state index contributed by atoms with van der Waals surface area (Å²) in [6.45, 7) is -0.0557. The minimum absolute atomic E-state index is 0.299. The lowest BCUT2D eigenvalue weighted by Crippen LogP contribution is -2.09. The van der Waals surface area contributed by atoms with E-state index in [0.29, 0.717) is 12.3 Å². The van der Waals surface area contributed by atoms with Crippen molar-refractivity contribution in [3.05, 3.63) is 46.3 Å². The zero-order chi connectivity index (χ0) is 12.5. The molecule has 0 aliphatic carbocycles. The molecule has 6 heteroatoms. The highest BCUT2D eigenvalue weighted by Crippen LogP contribution is 2.12. The summed E-state index contributed by atoms with van der Waals surface area (Å²) < 4.78 is 4.98. The molecule has 0 aliphatic rings. The Bertz CT molecular complexity index is 448. The van der Waals surface area contributed by atoms with Gasteiger partial charge in [0.1, 0.15) is 5.75 Å². The van der Waals surface area contributed by atoms with Crippen molar-refractivity contribution in [2.75, 3.05) is 13.2 Å². The van der Waals surface area contributed by atoms with Crippen molar-refractivity contribution in [3.8, 4) is 5.75 Å². The van der Waals surface area contributed by atoms with Crippen LogP contribution in [0, 0.1) is 0 Å². The summed E-state index contributed by atoms with van der Waals surface area (Å²) in [4.78, 5) is 12.9.